The number of rotatable bonds is 7. The van der Waals surface area contributed by atoms with Crippen LogP contribution in [0.4, 0.5) is 5.69 Å². The van der Waals surface area contributed by atoms with E-state index in [0.717, 1.165) is 12.1 Å². The maximum atomic E-state index is 12.2. The SMILES string of the molecule is CCCN(c1ccccc1)[C@@](C)(C(=O)Cl)C(=O)OCC.Cl. The second kappa shape index (κ2) is 8.90. The molecule has 0 saturated carbocycles. The molecule has 0 saturated heterocycles. The molecule has 1 aromatic rings. The number of carbonyl (C=O) groups is 2. The van der Waals surface area contributed by atoms with Crippen molar-refractivity contribution in [3.63, 3.8) is 0 Å². The van der Waals surface area contributed by atoms with Crippen molar-refractivity contribution >= 4 is 40.9 Å². The molecule has 0 aromatic heterocycles. The van der Waals surface area contributed by atoms with Crippen LogP contribution in [0.25, 0.3) is 0 Å². The van der Waals surface area contributed by atoms with Crippen molar-refractivity contribution in [2.45, 2.75) is 32.7 Å². The van der Waals surface area contributed by atoms with Gasteiger partial charge < -0.3 is 9.64 Å². The number of hydrogen-bond acceptors (Lipinski definition) is 4. The number of carbonyl (C=O) groups excluding carboxylic acids is 2. The van der Waals surface area contributed by atoms with E-state index in [-0.39, 0.29) is 19.0 Å². The first-order valence-electron chi connectivity index (χ1n) is 6.68. The summed E-state index contributed by atoms with van der Waals surface area (Å²) in [5.41, 5.74) is -0.756. The van der Waals surface area contributed by atoms with Gasteiger partial charge in [0.2, 0.25) is 5.54 Å². The van der Waals surface area contributed by atoms with Crippen LogP contribution in [0.1, 0.15) is 27.2 Å². The average Bonchev–Trinajstić information content (AvgIpc) is 2.45. The number of esters is 1. The second-order valence-corrected chi connectivity index (χ2v) is 4.90. The summed E-state index contributed by atoms with van der Waals surface area (Å²) in [6.45, 7) is 5.90. The van der Waals surface area contributed by atoms with Crippen LogP contribution in [0.15, 0.2) is 30.3 Å². The summed E-state index contributed by atoms with van der Waals surface area (Å²) in [5.74, 6) is -0.627. The predicted molar refractivity (Wildman–Crippen MR) is 87.2 cm³/mol. The first-order valence-corrected chi connectivity index (χ1v) is 7.06. The fraction of sp³-hybridized carbons (Fsp3) is 0.467. The number of halogens is 2. The van der Waals surface area contributed by atoms with Crippen molar-refractivity contribution in [2.24, 2.45) is 0 Å². The van der Waals surface area contributed by atoms with Crippen molar-refractivity contribution in [3.8, 4) is 0 Å². The van der Waals surface area contributed by atoms with Crippen LogP contribution in [0.2, 0.25) is 0 Å². The maximum absolute atomic E-state index is 12.2. The highest BCUT2D eigenvalue weighted by Gasteiger charge is 2.47. The molecule has 0 spiro atoms. The summed E-state index contributed by atoms with van der Waals surface area (Å²) in [6.07, 6.45) is 0.772. The Balaban J connectivity index is 0.00000400. The van der Waals surface area contributed by atoms with Crippen LogP contribution in [0.5, 0.6) is 0 Å². The maximum Gasteiger partial charge on any atom is 0.340 e. The van der Waals surface area contributed by atoms with E-state index >= 15 is 0 Å². The Labute approximate surface area is 136 Å². The van der Waals surface area contributed by atoms with E-state index in [1.807, 2.05) is 37.3 Å². The molecule has 0 amide bonds. The third-order valence-electron chi connectivity index (χ3n) is 3.11. The molecular weight excluding hydrogens is 313 g/mol. The van der Waals surface area contributed by atoms with Gasteiger partial charge in [0.1, 0.15) is 0 Å². The quantitative estimate of drug-likeness (QED) is 0.435. The zero-order chi connectivity index (χ0) is 15.2. The number of nitrogens with zero attached hydrogens (tertiary/aromatic N) is 1. The summed E-state index contributed by atoms with van der Waals surface area (Å²) in [5, 5.41) is -0.742. The van der Waals surface area contributed by atoms with Crippen LogP contribution in [-0.4, -0.2) is 29.9 Å². The van der Waals surface area contributed by atoms with E-state index in [0.29, 0.717) is 6.54 Å². The van der Waals surface area contributed by atoms with E-state index in [1.165, 1.54) is 6.92 Å². The molecule has 1 aromatic carbocycles. The molecule has 0 fully saturated rings. The van der Waals surface area contributed by atoms with Gasteiger partial charge in [0, 0.05) is 12.2 Å². The lowest BCUT2D eigenvalue weighted by Gasteiger charge is -2.38. The van der Waals surface area contributed by atoms with Gasteiger partial charge in [0.05, 0.1) is 6.61 Å². The molecule has 118 valence electrons. The van der Waals surface area contributed by atoms with Gasteiger partial charge in [-0.25, -0.2) is 4.79 Å². The Hall–Kier alpha value is -1.26. The monoisotopic (exact) mass is 333 g/mol. The summed E-state index contributed by atoms with van der Waals surface area (Å²) >= 11 is 5.71. The van der Waals surface area contributed by atoms with Crippen molar-refractivity contribution in [1.29, 1.82) is 0 Å². The lowest BCUT2D eigenvalue weighted by molar-refractivity contribution is -0.151. The minimum Gasteiger partial charge on any atom is -0.464 e. The third-order valence-corrected chi connectivity index (χ3v) is 3.48. The standard InChI is InChI=1S/C15H20ClNO3.ClH/c1-4-11-17(12-9-7-6-8-10-12)15(3,13(16)18)14(19)20-5-2;/h6-10H,4-5,11H2,1-3H3;1H/t15-;/m0./s1. The van der Waals surface area contributed by atoms with Gasteiger partial charge in [-0.1, -0.05) is 25.1 Å². The largest absolute Gasteiger partial charge is 0.464 e. The van der Waals surface area contributed by atoms with Crippen LogP contribution in [0, 0.1) is 0 Å². The smallest absolute Gasteiger partial charge is 0.340 e. The molecule has 0 unspecified atom stereocenters. The molecule has 0 aliphatic rings. The lowest BCUT2D eigenvalue weighted by atomic mass is 10.00. The number of ether oxygens (including phenoxy) is 1. The van der Waals surface area contributed by atoms with Crippen LogP contribution >= 0.6 is 24.0 Å². The minimum atomic E-state index is -1.52. The van der Waals surface area contributed by atoms with E-state index in [4.69, 9.17) is 16.3 Å². The lowest BCUT2D eigenvalue weighted by Crippen LogP contribution is -2.58. The van der Waals surface area contributed by atoms with Crippen LogP contribution < -0.4 is 4.90 Å². The van der Waals surface area contributed by atoms with E-state index in [2.05, 4.69) is 0 Å². The molecule has 1 rings (SSSR count). The van der Waals surface area contributed by atoms with Gasteiger partial charge in [-0.3, -0.25) is 4.79 Å². The fourth-order valence-corrected chi connectivity index (χ4v) is 2.19. The molecule has 6 heteroatoms. The third kappa shape index (κ3) is 4.35. The Morgan fingerprint density at radius 3 is 2.24 bits per heavy atom. The number of anilines is 1. The van der Waals surface area contributed by atoms with Gasteiger partial charge in [0.15, 0.2) is 0 Å². The second-order valence-electron chi connectivity index (χ2n) is 4.55. The molecule has 0 aliphatic heterocycles. The topological polar surface area (TPSA) is 46.6 Å². The number of para-hydroxylation sites is 1. The summed E-state index contributed by atoms with van der Waals surface area (Å²) in [6, 6.07) is 9.25. The normalized spacial score (nSPS) is 12.8. The molecule has 0 aliphatic carbocycles. The van der Waals surface area contributed by atoms with Gasteiger partial charge >= 0.3 is 5.97 Å². The number of hydrogen-bond donors (Lipinski definition) is 0. The first kappa shape index (κ1) is 19.7. The molecule has 1 atom stereocenters. The van der Waals surface area contributed by atoms with E-state index in [9.17, 15) is 9.59 Å². The van der Waals surface area contributed by atoms with E-state index in [1.54, 1.807) is 11.8 Å². The predicted octanol–water partition coefficient (Wildman–Crippen LogP) is 3.41. The molecule has 0 radical (unpaired) electrons. The summed E-state index contributed by atoms with van der Waals surface area (Å²) in [7, 11) is 0. The highest BCUT2D eigenvalue weighted by molar-refractivity contribution is 6.68. The Kier molecular flexibility index (Phi) is 8.37. The van der Waals surface area contributed by atoms with Crippen LogP contribution in [0.3, 0.4) is 0 Å². The molecule has 0 bridgehead atoms. The highest BCUT2D eigenvalue weighted by Crippen LogP contribution is 2.28. The molecule has 21 heavy (non-hydrogen) atoms. The Morgan fingerprint density at radius 1 is 1.24 bits per heavy atom. The fourth-order valence-electron chi connectivity index (χ4n) is 2.01. The number of benzene rings is 1. The zero-order valence-electron chi connectivity index (χ0n) is 12.5. The van der Waals surface area contributed by atoms with Gasteiger partial charge in [0.25, 0.3) is 5.24 Å². The van der Waals surface area contributed by atoms with E-state index < -0.39 is 16.8 Å². The van der Waals surface area contributed by atoms with Crippen molar-refractivity contribution in [2.75, 3.05) is 18.1 Å². The van der Waals surface area contributed by atoms with Gasteiger partial charge in [-0.2, -0.15) is 0 Å². The van der Waals surface area contributed by atoms with Crippen molar-refractivity contribution < 1.29 is 14.3 Å². The van der Waals surface area contributed by atoms with Gasteiger partial charge in [-0.05, 0) is 44.0 Å². The van der Waals surface area contributed by atoms with Gasteiger partial charge in [-0.15, -0.1) is 12.4 Å². The molecule has 4 nitrogen and oxygen atoms in total. The Morgan fingerprint density at radius 2 is 1.81 bits per heavy atom. The van der Waals surface area contributed by atoms with Crippen molar-refractivity contribution in [1.82, 2.24) is 0 Å². The first-order chi connectivity index (χ1) is 9.48. The van der Waals surface area contributed by atoms with Crippen LogP contribution in [-0.2, 0) is 14.3 Å². The van der Waals surface area contributed by atoms with Crippen molar-refractivity contribution in [3.05, 3.63) is 30.3 Å². The summed E-state index contributed by atoms with van der Waals surface area (Å²) in [4.78, 5) is 25.8. The zero-order valence-corrected chi connectivity index (χ0v) is 14.0. The average molecular weight is 334 g/mol. The molecular formula is C15H21Cl2NO3. The Bertz CT molecular complexity index is 467. The summed E-state index contributed by atoms with van der Waals surface area (Å²) < 4.78 is 5.03. The molecule has 0 heterocycles. The minimum absolute atomic E-state index is 0. The molecule has 0 N–H and O–H groups in total. The highest BCUT2D eigenvalue weighted by atomic mass is 35.5.